The number of aliphatic imine (C=N–C) groups is 1. The fraction of sp³-hybridized carbons (Fsp3) is 0.458. The third-order valence-corrected chi connectivity index (χ3v) is 7.18. The summed E-state index contributed by atoms with van der Waals surface area (Å²) in [5.41, 5.74) is 2.07. The van der Waals surface area contributed by atoms with Crippen LogP contribution in [0.25, 0.3) is 5.78 Å². The fourth-order valence-corrected chi connectivity index (χ4v) is 4.93. The van der Waals surface area contributed by atoms with E-state index < -0.39 is 0 Å². The number of amides is 1. The number of aryl methyl sites for hydroxylation is 3. The molecule has 2 aliphatic carbocycles. The Hall–Kier alpha value is -4.13. The van der Waals surface area contributed by atoms with Crippen LogP contribution >= 0.6 is 0 Å². The van der Waals surface area contributed by atoms with Gasteiger partial charge in [-0.1, -0.05) is 12.8 Å². The number of aromatic amines is 1. The highest BCUT2D eigenvalue weighted by molar-refractivity contribution is 6.14. The molecule has 0 bridgehead atoms. The van der Waals surface area contributed by atoms with Gasteiger partial charge in [0.1, 0.15) is 23.3 Å². The number of fused-ring (bicyclic) bond motifs is 3. The summed E-state index contributed by atoms with van der Waals surface area (Å²) in [6.45, 7) is 2.43. The molecule has 13 heteroatoms. The third-order valence-electron chi connectivity index (χ3n) is 7.18. The number of nitrogens with two attached hydrogens (primary N) is 1. The topological polar surface area (TPSA) is 157 Å². The molecule has 2 saturated carbocycles. The minimum Gasteiger partial charge on any atom is -0.463 e. The van der Waals surface area contributed by atoms with Gasteiger partial charge in [0.15, 0.2) is 11.6 Å². The number of hydrazine groups is 1. The van der Waals surface area contributed by atoms with Gasteiger partial charge in [0, 0.05) is 6.04 Å². The van der Waals surface area contributed by atoms with Crippen molar-refractivity contribution < 1.29 is 9.21 Å². The van der Waals surface area contributed by atoms with E-state index in [2.05, 4.69) is 15.5 Å². The van der Waals surface area contributed by atoms with Gasteiger partial charge in [-0.25, -0.2) is 20.3 Å². The number of imidazole rings is 1. The summed E-state index contributed by atoms with van der Waals surface area (Å²) >= 11 is 0. The number of aromatic nitrogens is 6. The zero-order valence-electron chi connectivity index (χ0n) is 20.4. The molecule has 7 rings (SSSR count). The second-order valence-corrected chi connectivity index (χ2v) is 10.2. The van der Waals surface area contributed by atoms with Gasteiger partial charge in [-0.15, -0.1) is 0 Å². The average molecular weight is 505 g/mol. The summed E-state index contributed by atoms with van der Waals surface area (Å²) in [6, 6.07) is 5.65. The number of carbonyl (C=O) groups excluding carboxylic acids is 1. The molecule has 192 valence electrons. The Kier molecular flexibility index (Phi) is 4.90. The fourth-order valence-electron chi connectivity index (χ4n) is 4.93. The average Bonchev–Trinajstić information content (AvgIpc) is 3.67. The number of H-pyrrole nitrogens is 1. The Morgan fingerprint density at radius 2 is 2.11 bits per heavy atom. The minimum atomic E-state index is -0.333. The molecule has 4 aromatic heterocycles. The highest BCUT2D eigenvalue weighted by Gasteiger charge is 2.37. The number of anilines is 1. The number of nitrogens with one attached hydrogen (secondary N) is 2. The van der Waals surface area contributed by atoms with Crippen molar-refractivity contribution in [2.45, 2.75) is 64.3 Å². The SMILES string of the molecule is Cc1cc(C(=O)NC2CC2)n(CCn2c(=O)[nH]n3c4c(nc23)N(N)C(CC2CC2)N=C4c2ccco2)n1. The van der Waals surface area contributed by atoms with Crippen LogP contribution in [-0.4, -0.2) is 52.8 Å². The van der Waals surface area contributed by atoms with Crippen LogP contribution < -0.4 is 21.9 Å². The van der Waals surface area contributed by atoms with Crippen LogP contribution in [0.15, 0.2) is 38.7 Å². The zero-order chi connectivity index (χ0) is 25.3. The molecular formula is C24H28N10O3. The van der Waals surface area contributed by atoms with Crippen LogP contribution in [-0.2, 0) is 13.1 Å². The van der Waals surface area contributed by atoms with Gasteiger partial charge in [-0.2, -0.15) is 10.1 Å². The van der Waals surface area contributed by atoms with Crippen LogP contribution in [0.1, 0.15) is 59.7 Å². The maximum absolute atomic E-state index is 13.0. The number of hydrogen-bond acceptors (Lipinski definition) is 8. The van der Waals surface area contributed by atoms with Gasteiger partial charge >= 0.3 is 5.69 Å². The van der Waals surface area contributed by atoms with E-state index in [4.69, 9.17) is 20.2 Å². The smallest absolute Gasteiger partial charge is 0.343 e. The molecule has 4 aromatic rings. The van der Waals surface area contributed by atoms with E-state index in [0.717, 1.165) is 25.0 Å². The van der Waals surface area contributed by atoms with Crippen molar-refractivity contribution in [3.05, 3.63) is 57.8 Å². The Balaban J connectivity index is 1.24. The van der Waals surface area contributed by atoms with Gasteiger partial charge < -0.3 is 9.73 Å². The molecule has 0 radical (unpaired) electrons. The second kappa shape index (κ2) is 8.20. The monoisotopic (exact) mass is 504 g/mol. The molecule has 1 aliphatic heterocycles. The van der Waals surface area contributed by atoms with Crippen molar-refractivity contribution in [2.24, 2.45) is 16.8 Å². The van der Waals surface area contributed by atoms with Gasteiger partial charge in [0.25, 0.3) is 5.91 Å². The molecule has 4 N–H and O–H groups in total. The number of furan rings is 1. The maximum Gasteiger partial charge on any atom is 0.343 e. The van der Waals surface area contributed by atoms with Crippen molar-refractivity contribution in [3.63, 3.8) is 0 Å². The second-order valence-electron chi connectivity index (χ2n) is 10.2. The van der Waals surface area contributed by atoms with Crippen LogP contribution in [0.5, 0.6) is 0 Å². The van der Waals surface area contributed by atoms with E-state index in [1.807, 2.05) is 13.0 Å². The van der Waals surface area contributed by atoms with Crippen molar-refractivity contribution in [1.82, 2.24) is 34.3 Å². The molecule has 13 nitrogen and oxygen atoms in total. The van der Waals surface area contributed by atoms with Crippen molar-refractivity contribution >= 4 is 23.2 Å². The molecule has 0 aromatic carbocycles. The first-order valence-electron chi connectivity index (χ1n) is 12.7. The Morgan fingerprint density at radius 1 is 1.27 bits per heavy atom. The predicted molar refractivity (Wildman–Crippen MR) is 133 cm³/mol. The molecule has 1 unspecified atom stereocenters. The van der Waals surface area contributed by atoms with E-state index in [9.17, 15) is 9.59 Å². The lowest BCUT2D eigenvalue weighted by Gasteiger charge is -2.29. The largest absolute Gasteiger partial charge is 0.463 e. The molecule has 1 atom stereocenters. The van der Waals surface area contributed by atoms with Crippen molar-refractivity contribution in [3.8, 4) is 0 Å². The summed E-state index contributed by atoms with van der Waals surface area (Å²) in [5, 5.41) is 11.9. The molecule has 0 spiro atoms. The molecule has 37 heavy (non-hydrogen) atoms. The van der Waals surface area contributed by atoms with Gasteiger partial charge in [-0.3, -0.25) is 24.0 Å². The van der Waals surface area contributed by atoms with Gasteiger partial charge in [0.2, 0.25) is 5.78 Å². The van der Waals surface area contributed by atoms with Crippen LogP contribution in [0.4, 0.5) is 5.82 Å². The summed E-state index contributed by atoms with van der Waals surface area (Å²) in [6.07, 6.45) is 6.53. The van der Waals surface area contributed by atoms with E-state index in [0.29, 0.717) is 46.9 Å². The lowest BCUT2D eigenvalue weighted by molar-refractivity contribution is 0.0939. The Labute approximate surface area is 210 Å². The maximum atomic E-state index is 13.0. The number of rotatable bonds is 8. The molecule has 5 heterocycles. The van der Waals surface area contributed by atoms with Crippen molar-refractivity contribution in [1.29, 1.82) is 0 Å². The van der Waals surface area contributed by atoms with Crippen LogP contribution in [0, 0.1) is 12.8 Å². The molecule has 2 fully saturated rings. The predicted octanol–water partition coefficient (Wildman–Crippen LogP) is 1.17. The summed E-state index contributed by atoms with van der Waals surface area (Å²) in [4.78, 5) is 35.4. The van der Waals surface area contributed by atoms with Gasteiger partial charge in [0.05, 0.1) is 25.0 Å². The van der Waals surface area contributed by atoms with Crippen molar-refractivity contribution in [2.75, 3.05) is 5.01 Å². The van der Waals surface area contributed by atoms with Crippen LogP contribution in [0.2, 0.25) is 0 Å². The quantitative estimate of drug-likeness (QED) is 0.304. The van der Waals surface area contributed by atoms with Crippen LogP contribution in [0.3, 0.4) is 0 Å². The summed E-state index contributed by atoms with van der Waals surface area (Å²) < 4.78 is 10.5. The molecule has 1 amide bonds. The highest BCUT2D eigenvalue weighted by Crippen LogP contribution is 2.38. The number of carbonyl (C=O) groups is 1. The first-order valence-corrected chi connectivity index (χ1v) is 12.7. The molecule has 0 saturated heterocycles. The van der Waals surface area contributed by atoms with E-state index >= 15 is 0 Å². The Morgan fingerprint density at radius 3 is 2.84 bits per heavy atom. The minimum absolute atomic E-state index is 0.147. The normalized spacial score (nSPS) is 19.4. The van der Waals surface area contributed by atoms with E-state index in [1.165, 1.54) is 17.4 Å². The van der Waals surface area contributed by atoms with E-state index in [-0.39, 0.29) is 30.3 Å². The summed E-state index contributed by atoms with van der Waals surface area (Å²) in [5.74, 6) is 8.50. The van der Waals surface area contributed by atoms with E-state index in [1.54, 1.807) is 32.6 Å². The lowest BCUT2D eigenvalue weighted by atomic mass is 10.1. The highest BCUT2D eigenvalue weighted by atomic mass is 16.3. The first-order chi connectivity index (χ1) is 18.0. The number of nitrogens with zero attached hydrogens (tertiary/aromatic N) is 7. The lowest BCUT2D eigenvalue weighted by Crippen LogP contribution is -2.45. The molecular weight excluding hydrogens is 476 g/mol. The zero-order valence-corrected chi connectivity index (χ0v) is 20.4. The third kappa shape index (κ3) is 3.86. The number of hydrogen-bond donors (Lipinski definition) is 3. The molecule has 3 aliphatic rings. The Bertz CT molecular complexity index is 1580. The summed E-state index contributed by atoms with van der Waals surface area (Å²) in [7, 11) is 0. The first kappa shape index (κ1) is 22.1. The van der Waals surface area contributed by atoms with Gasteiger partial charge in [-0.05, 0) is 50.3 Å². The standard InChI is InChI=1S/C24H28N10O3/c1-13-11-16(22(35)26-15-6-7-15)32(29-13)9-8-31-23-28-21-20(34(23)30-24(31)36)19(17-3-2-10-37-17)27-18(33(21)25)12-14-4-5-14/h2-3,10-11,14-15,18H,4-9,12,25H2,1H3,(H,26,35)(H,30,36).